The lowest BCUT2D eigenvalue weighted by atomic mass is 9.90. The number of hydrogen-bond donors (Lipinski definition) is 3. The number of fused-ring (bicyclic) bond motifs is 2. The molecule has 274 valence electrons. The van der Waals surface area contributed by atoms with Crippen LogP contribution >= 0.6 is 0 Å². The molecule has 5 heterocycles. The molecule has 2 aliphatic heterocycles. The van der Waals surface area contributed by atoms with E-state index in [-0.39, 0.29) is 6.10 Å². The lowest BCUT2D eigenvalue weighted by molar-refractivity contribution is -0.147. The summed E-state index contributed by atoms with van der Waals surface area (Å²) in [5.74, 6) is 0.914. The maximum atomic E-state index is 11.8. The number of hydrogen-bond acceptors (Lipinski definition) is 11. The Kier molecular flexibility index (Phi) is 9.09. The number of pyridine rings is 1. The van der Waals surface area contributed by atoms with Crippen molar-refractivity contribution in [2.75, 3.05) is 31.5 Å². The van der Waals surface area contributed by atoms with Crippen molar-refractivity contribution in [2.24, 2.45) is 5.41 Å². The van der Waals surface area contributed by atoms with Gasteiger partial charge in [-0.15, -0.1) is 0 Å². The highest BCUT2D eigenvalue weighted by Crippen LogP contribution is 2.38. The van der Waals surface area contributed by atoms with Crippen LogP contribution in [0, 0.1) is 37.5 Å². The second-order valence-electron chi connectivity index (χ2n) is 15.0. The summed E-state index contributed by atoms with van der Waals surface area (Å²) in [6.45, 7) is 11.7. The van der Waals surface area contributed by atoms with Crippen LogP contribution in [-0.4, -0.2) is 78.2 Å². The average molecular weight is 723 g/mol. The van der Waals surface area contributed by atoms with E-state index in [1.165, 1.54) is 0 Å². The average Bonchev–Trinajstić information content (AvgIpc) is 3.87. The number of aliphatic hydroxyl groups excluding tert-OH is 1. The number of carboxylic acids is 1. The van der Waals surface area contributed by atoms with E-state index in [2.05, 4.69) is 46.3 Å². The Bertz CT molecular complexity index is 2490. The van der Waals surface area contributed by atoms with Crippen LogP contribution in [0.25, 0.3) is 44.7 Å². The Morgan fingerprint density at radius 2 is 1.70 bits per heavy atom. The molecular formula is C42H42N8O4. The van der Waals surface area contributed by atoms with Crippen LogP contribution in [0.5, 0.6) is 0 Å². The smallest absolute Gasteiger partial charge is 0.310 e. The first kappa shape index (κ1) is 35.3. The molecule has 6 aromatic rings. The summed E-state index contributed by atoms with van der Waals surface area (Å²) in [6.07, 6.45) is 2.97. The zero-order valence-corrected chi connectivity index (χ0v) is 30.8. The molecule has 0 bridgehead atoms. The topological polar surface area (TPSA) is 165 Å². The molecule has 2 saturated heterocycles. The second kappa shape index (κ2) is 13.9. The van der Waals surface area contributed by atoms with Gasteiger partial charge in [0.15, 0.2) is 11.4 Å². The van der Waals surface area contributed by atoms with Crippen LogP contribution in [0.1, 0.15) is 53.4 Å². The first-order valence-electron chi connectivity index (χ1n) is 18.3. The second-order valence-corrected chi connectivity index (χ2v) is 15.0. The van der Waals surface area contributed by atoms with Gasteiger partial charge >= 0.3 is 5.97 Å². The zero-order chi connectivity index (χ0) is 37.7. The third-order valence-corrected chi connectivity index (χ3v) is 10.9. The summed E-state index contributed by atoms with van der Waals surface area (Å²) in [5, 5.41) is 33.2. The predicted octanol–water partition coefficient (Wildman–Crippen LogP) is 6.90. The zero-order valence-electron chi connectivity index (χ0n) is 30.8. The monoisotopic (exact) mass is 722 g/mol. The van der Waals surface area contributed by atoms with E-state index in [1.54, 1.807) is 6.92 Å². The van der Waals surface area contributed by atoms with E-state index in [4.69, 9.17) is 24.4 Å². The molecule has 3 aromatic carbocycles. The van der Waals surface area contributed by atoms with Crippen LogP contribution in [0.3, 0.4) is 0 Å². The fourth-order valence-electron chi connectivity index (χ4n) is 7.92. The highest BCUT2D eigenvalue weighted by Gasteiger charge is 2.40. The number of nitrogens with zero attached hydrogens (tertiary/aromatic N) is 7. The van der Waals surface area contributed by atoms with Crippen molar-refractivity contribution in [3.05, 3.63) is 94.4 Å². The first-order chi connectivity index (χ1) is 26.0. The fourth-order valence-corrected chi connectivity index (χ4v) is 7.92. The van der Waals surface area contributed by atoms with Crippen molar-refractivity contribution in [3.63, 3.8) is 0 Å². The van der Waals surface area contributed by atoms with Gasteiger partial charge in [0.25, 0.3) is 0 Å². The number of rotatable bonds is 9. The molecule has 8 rings (SSSR count). The number of oxazole rings is 1. The largest absolute Gasteiger partial charge is 0.481 e. The Morgan fingerprint density at radius 1 is 0.963 bits per heavy atom. The Labute approximate surface area is 313 Å². The van der Waals surface area contributed by atoms with Gasteiger partial charge in [0.05, 0.1) is 22.6 Å². The lowest BCUT2D eigenvalue weighted by Crippen LogP contribution is -2.31. The van der Waals surface area contributed by atoms with Crippen LogP contribution in [0.2, 0.25) is 0 Å². The number of aliphatic hydroxyl groups is 1. The highest BCUT2D eigenvalue weighted by molar-refractivity contribution is 5.90. The fraction of sp³-hybridized carbons (Fsp3) is 0.333. The number of β-amino-alcohol motifs (C(OH)–C–C–N with tert-alkyl or cyclic N) is 1. The van der Waals surface area contributed by atoms with Gasteiger partial charge in [-0.05, 0) is 111 Å². The summed E-state index contributed by atoms with van der Waals surface area (Å²) in [7, 11) is 0. The molecule has 0 spiro atoms. The van der Waals surface area contributed by atoms with Gasteiger partial charge in [0, 0.05) is 50.2 Å². The minimum absolute atomic E-state index is 0.273. The minimum Gasteiger partial charge on any atom is -0.481 e. The summed E-state index contributed by atoms with van der Waals surface area (Å²) in [6, 6.07) is 20.3. The molecule has 12 nitrogen and oxygen atoms in total. The standard InChI is InChI=1S/C42H42N8O4/c1-24-31(7-5-9-33(24)40-48-36-16-27(15-29(18-43)38(36)54-40)20-50-14-12-42(4,23-50)41(52)53)32-8-6-10-34(25(32)2)47-39-37-35(45-26(3)46-39)17-28(19-44-37)21-49-13-11-30(51)22-49/h5-10,15-17,19,30,51H,11-14,20-23H2,1-4H3,(H,52,53)(H,45,46,47)/t30-,42-/m1/s1. The minimum atomic E-state index is -0.785. The summed E-state index contributed by atoms with van der Waals surface area (Å²) in [4.78, 5) is 35.2. The number of nitrogens with one attached hydrogen (secondary N) is 1. The normalized spacial score (nSPS) is 19.1. The number of benzene rings is 3. The van der Waals surface area contributed by atoms with E-state index in [1.807, 2.05) is 56.4 Å². The molecule has 2 atom stereocenters. The number of anilines is 2. The number of aliphatic carboxylic acids is 1. The first-order valence-corrected chi connectivity index (χ1v) is 18.3. The van der Waals surface area contributed by atoms with E-state index < -0.39 is 11.4 Å². The van der Waals surface area contributed by atoms with Crippen molar-refractivity contribution in [1.82, 2.24) is 29.7 Å². The van der Waals surface area contributed by atoms with E-state index >= 15 is 0 Å². The molecule has 2 fully saturated rings. The van der Waals surface area contributed by atoms with Crippen molar-refractivity contribution in [1.29, 1.82) is 5.26 Å². The van der Waals surface area contributed by atoms with Crippen LogP contribution in [-0.2, 0) is 17.9 Å². The van der Waals surface area contributed by atoms with Gasteiger partial charge in [-0.25, -0.2) is 15.0 Å². The molecular weight excluding hydrogens is 681 g/mol. The van der Waals surface area contributed by atoms with Gasteiger partial charge in [-0.2, -0.15) is 5.26 Å². The van der Waals surface area contributed by atoms with Crippen molar-refractivity contribution >= 4 is 39.6 Å². The van der Waals surface area contributed by atoms with E-state index in [0.29, 0.717) is 78.9 Å². The molecule has 54 heavy (non-hydrogen) atoms. The highest BCUT2D eigenvalue weighted by atomic mass is 16.4. The molecule has 0 saturated carbocycles. The van der Waals surface area contributed by atoms with Crippen LogP contribution < -0.4 is 5.32 Å². The summed E-state index contributed by atoms with van der Waals surface area (Å²) in [5.41, 5.74) is 9.82. The molecule has 3 aromatic heterocycles. The molecule has 0 aliphatic carbocycles. The Morgan fingerprint density at radius 3 is 2.44 bits per heavy atom. The molecule has 0 unspecified atom stereocenters. The molecule has 0 radical (unpaired) electrons. The maximum Gasteiger partial charge on any atom is 0.310 e. The van der Waals surface area contributed by atoms with E-state index in [9.17, 15) is 20.3 Å². The van der Waals surface area contributed by atoms with Gasteiger partial charge in [0.1, 0.15) is 22.9 Å². The summed E-state index contributed by atoms with van der Waals surface area (Å²) >= 11 is 0. The van der Waals surface area contributed by atoms with Gasteiger partial charge in [-0.3, -0.25) is 19.6 Å². The Balaban J connectivity index is 1.08. The quantitative estimate of drug-likeness (QED) is 0.142. The van der Waals surface area contributed by atoms with Gasteiger partial charge < -0.3 is 19.9 Å². The molecule has 3 N–H and O–H groups in total. The number of aromatic nitrogens is 4. The number of carboxylic acid groups (broad SMARTS) is 1. The van der Waals surface area contributed by atoms with Gasteiger partial charge in [0.2, 0.25) is 5.89 Å². The summed E-state index contributed by atoms with van der Waals surface area (Å²) < 4.78 is 6.30. The Hall–Kier alpha value is -5.74. The van der Waals surface area contributed by atoms with Crippen LogP contribution in [0.15, 0.2) is 65.2 Å². The molecule has 2 aliphatic rings. The van der Waals surface area contributed by atoms with Crippen LogP contribution in [0.4, 0.5) is 11.5 Å². The third kappa shape index (κ3) is 6.66. The molecule has 0 amide bonds. The SMILES string of the molecule is Cc1nc(Nc2cccc(-c3cccc(-c4nc5cc(CN6CC[C@@](C)(C(=O)O)C6)cc(C#N)c5o4)c3C)c2C)c2ncc(CN3CC[C@@H](O)C3)cc2n1. The maximum absolute atomic E-state index is 11.8. The lowest BCUT2D eigenvalue weighted by Gasteiger charge is -2.20. The third-order valence-electron chi connectivity index (χ3n) is 10.9. The number of aryl methyl sites for hydroxylation is 1. The van der Waals surface area contributed by atoms with Crippen molar-refractivity contribution in [3.8, 4) is 28.7 Å². The van der Waals surface area contributed by atoms with E-state index in [0.717, 1.165) is 63.1 Å². The van der Waals surface area contributed by atoms with Crippen molar-refractivity contribution in [2.45, 2.75) is 59.7 Å². The predicted molar refractivity (Wildman–Crippen MR) is 206 cm³/mol. The van der Waals surface area contributed by atoms with Crippen molar-refractivity contribution < 1.29 is 19.4 Å². The number of likely N-dealkylation sites (tertiary alicyclic amines) is 2. The number of carbonyl (C=O) groups is 1. The number of nitriles is 1. The molecule has 12 heteroatoms. The van der Waals surface area contributed by atoms with Gasteiger partial charge in [-0.1, -0.05) is 24.3 Å².